The molecule has 1 aromatic rings. The fraction of sp³-hybridized carbons (Fsp3) is 0.500. The molecule has 1 aliphatic rings. The highest BCUT2D eigenvalue weighted by Crippen LogP contribution is 2.30. The molecule has 104 valence electrons. The summed E-state index contributed by atoms with van der Waals surface area (Å²) in [4.78, 5) is 5.78. The third-order valence-corrected chi connectivity index (χ3v) is 3.33. The van der Waals surface area contributed by atoms with E-state index in [0.717, 1.165) is 25.1 Å². The van der Waals surface area contributed by atoms with Gasteiger partial charge >= 0.3 is 6.18 Å². The van der Waals surface area contributed by atoms with Crippen LogP contribution in [0.15, 0.2) is 18.3 Å². The van der Waals surface area contributed by atoms with E-state index in [9.17, 15) is 13.2 Å². The molecule has 0 aromatic carbocycles. The van der Waals surface area contributed by atoms with Gasteiger partial charge in [0, 0.05) is 25.2 Å². The van der Waals surface area contributed by atoms with Gasteiger partial charge in [-0.15, -0.1) is 0 Å². The molecule has 3 N–H and O–H groups in total. The lowest BCUT2D eigenvalue weighted by Crippen LogP contribution is -2.38. The van der Waals surface area contributed by atoms with E-state index in [4.69, 9.17) is 11.1 Å². The van der Waals surface area contributed by atoms with E-state index in [0.29, 0.717) is 18.9 Å². The molecule has 2 rings (SSSR count). The zero-order chi connectivity index (χ0) is 14.0. The second-order valence-electron chi connectivity index (χ2n) is 4.62. The molecule has 0 amide bonds. The van der Waals surface area contributed by atoms with E-state index in [-0.39, 0.29) is 11.8 Å². The Morgan fingerprint density at radius 2 is 1.95 bits per heavy atom. The van der Waals surface area contributed by atoms with E-state index < -0.39 is 11.7 Å². The summed E-state index contributed by atoms with van der Waals surface area (Å²) in [5.41, 5.74) is 4.70. The van der Waals surface area contributed by atoms with Crippen LogP contribution in [0.4, 0.5) is 19.0 Å². The molecule has 0 aliphatic carbocycles. The third kappa shape index (κ3) is 3.15. The normalized spacial score (nSPS) is 17.5. The predicted molar refractivity (Wildman–Crippen MR) is 66.1 cm³/mol. The second kappa shape index (κ2) is 5.07. The Hall–Kier alpha value is -1.79. The van der Waals surface area contributed by atoms with Gasteiger partial charge in [0.05, 0.1) is 11.4 Å². The van der Waals surface area contributed by atoms with Gasteiger partial charge in [-0.25, -0.2) is 4.98 Å². The SMILES string of the molecule is N=C(N)C1CCN(c2ccc(C(F)(F)F)cn2)CC1. The first-order valence-electron chi connectivity index (χ1n) is 6.00. The van der Waals surface area contributed by atoms with Crippen molar-refractivity contribution >= 4 is 11.7 Å². The van der Waals surface area contributed by atoms with Gasteiger partial charge in [0.2, 0.25) is 0 Å². The van der Waals surface area contributed by atoms with Crippen LogP contribution in [0.25, 0.3) is 0 Å². The summed E-state index contributed by atoms with van der Waals surface area (Å²) in [5.74, 6) is 0.792. The van der Waals surface area contributed by atoms with Crippen LogP contribution in [0.3, 0.4) is 0 Å². The molecule has 1 fully saturated rings. The Morgan fingerprint density at radius 1 is 1.32 bits per heavy atom. The third-order valence-electron chi connectivity index (χ3n) is 3.33. The summed E-state index contributed by atoms with van der Waals surface area (Å²) in [5, 5.41) is 7.37. The minimum Gasteiger partial charge on any atom is -0.387 e. The van der Waals surface area contributed by atoms with Gasteiger partial charge in [-0.05, 0) is 25.0 Å². The molecule has 2 heterocycles. The molecule has 0 spiro atoms. The summed E-state index contributed by atoms with van der Waals surface area (Å²) in [6, 6.07) is 2.43. The first-order valence-corrected chi connectivity index (χ1v) is 6.00. The Morgan fingerprint density at radius 3 is 2.37 bits per heavy atom. The first kappa shape index (κ1) is 13.6. The van der Waals surface area contributed by atoms with Crippen LogP contribution < -0.4 is 10.6 Å². The average molecular weight is 272 g/mol. The van der Waals surface area contributed by atoms with Crippen molar-refractivity contribution in [1.29, 1.82) is 5.41 Å². The van der Waals surface area contributed by atoms with Crippen molar-refractivity contribution in [3.8, 4) is 0 Å². The van der Waals surface area contributed by atoms with Crippen molar-refractivity contribution in [2.75, 3.05) is 18.0 Å². The summed E-state index contributed by atoms with van der Waals surface area (Å²) in [7, 11) is 0. The number of alkyl halides is 3. The standard InChI is InChI=1S/C12H15F3N4/c13-12(14,15)9-1-2-10(18-7-9)19-5-3-8(4-6-19)11(16)17/h1-2,7-8H,3-6H2,(H3,16,17). The fourth-order valence-electron chi connectivity index (χ4n) is 2.16. The van der Waals surface area contributed by atoms with Crippen LogP contribution in [0.1, 0.15) is 18.4 Å². The first-order chi connectivity index (χ1) is 8.88. The largest absolute Gasteiger partial charge is 0.417 e. The van der Waals surface area contributed by atoms with Crippen molar-refractivity contribution in [2.24, 2.45) is 11.7 Å². The summed E-state index contributed by atoms with van der Waals surface area (Å²) >= 11 is 0. The molecule has 1 saturated heterocycles. The summed E-state index contributed by atoms with van der Waals surface area (Å²) in [6.45, 7) is 1.31. The van der Waals surface area contributed by atoms with Crippen molar-refractivity contribution in [1.82, 2.24) is 4.98 Å². The van der Waals surface area contributed by atoms with Crippen molar-refractivity contribution in [3.63, 3.8) is 0 Å². The van der Waals surface area contributed by atoms with Gasteiger partial charge in [-0.3, -0.25) is 5.41 Å². The number of pyridine rings is 1. The molecule has 0 unspecified atom stereocenters. The van der Waals surface area contributed by atoms with Crippen LogP contribution in [-0.4, -0.2) is 23.9 Å². The van der Waals surface area contributed by atoms with E-state index in [2.05, 4.69) is 4.98 Å². The number of aromatic nitrogens is 1. The lowest BCUT2D eigenvalue weighted by molar-refractivity contribution is -0.137. The van der Waals surface area contributed by atoms with Gasteiger partial charge in [-0.2, -0.15) is 13.2 Å². The van der Waals surface area contributed by atoms with Gasteiger partial charge in [0.25, 0.3) is 0 Å². The maximum Gasteiger partial charge on any atom is 0.417 e. The Kier molecular flexibility index (Phi) is 3.64. The van der Waals surface area contributed by atoms with E-state index in [1.807, 2.05) is 4.90 Å². The van der Waals surface area contributed by atoms with Crippen LogP contribution in [0, 0.1) is 11.3 Å². The van der Waals surface area contributed by atoms with Gasteiger partial charge < -0.3 is 10.6 Å². The minimum atomic E-state index is -4.35. The number of nitrogens with one attached hydrogen (secondary N) is 1. The predicted octanol–water partition coefficient (Wildman–Crippen LogP) is 2.25. The Balaban J connectivity index is 2.02. The maximum absolute atomic E-state index is 12.4. The Labute approximate surface area is 108 Å². The average Bonchev–Trinajstić information content (AvgIpc) is 2.38. The van der Waals surface area contributed by atoms with Crippen LogP contribution in [0.2, 0.25) is 0 Å². The van der Waals surface area contributed by atoms with Crippen LogP contribution >= 0.6 is 0 Å². The number of hydrogen-bond acceptors (Lipinski definition) is 3. The Bertz CT molecular complexity index is 447. The van der Waals surface area contributed by atoms with Crippen LogP contribution in [0.5, 0.6) is 0 Å². The number of hydrogen-bond donors (Lipinski definition) is 2. The van der Waals surface area contributed by atoms with Gasteiger partial charge in [-0.1, -0.05) is 0 Å². The van der Waals surface area contributed by atoms with Gasteiger partial charge in [0.15, 0.2) is 0 Å². The van der Waals surface area contributed by atoms with Crippen LogP contribution in [-0.2, 0) is 6.18 Å². The maximum atomic E-state index is 12.4. The number of rotatable bonds is 2. The fourth-order valence-corrected chi connectivity index (χ4v) is 2.16. The van der Waals surface area contributed by atoms with Gasteiger partial charge in [0.1, 0.15) is 5.82 Å². The van der Waals surface area contributed by atoms with E-state index in [1.54, 1.807) is 0 Å². The number of halogens is 3. The smallest absolute Gasteiger partial charge is 0.387 e. The number of nitrogens with zero attached hydrogens (tertiary/aromatic N) is 2. The zero-order valence-corrected chi connectivity index (χ0v) is 10.2. The molecule has 19 heavy (non-hydrogen) atoms. The van der Waals surface area contributed by atoms with E-state index >= 15 is 0 Å². The second-order valence-corrected chi connectivity index (χ2v) is 4.62. The van der Waals surface area contributed by atoms with E-state index in [1.165, 1.54) is 6.07 Å². The highest BCUT2D eigenvalue weighted by atomic mass is 19.4. The molecule has 0 atom stereocenters. The van der Waals surface area contributed by atoms with Crippen molar-refractivity contribution in [3.05, 3.63) is 23.9 Å². The molecule has 1 aliphatic heterocycles. The number of piperidine rings is 1. The molecule has 0 saturated carbocycles. The summed E-state index contributed by atoms with van der Waals surface area (Å²) in [6.07, 6.45) is -2.03. The number of nitrogens with two attached hydrogens (primary N) is 1. The molecular formula is C12H15F3N4. The highest BCUT2D eigenvalue weighted by Gasteiger charge is 2.31. The highest BCUT2D eigenvalue weighted by molar-refractivity contribution is 5.79. The molecular weight excluding hydrogens is 257 g/mol. The molecule has 0 radical (unpaired) electrons. The molecule has 1 aromatic heterocycles. The molecule has 7 heteroatoms. The van der Waals surface area contributed by atoms with Crippen molar-refractivity contribution < 1.29 is 13.2 Å². The van der Waals surface area contributed by atoms with Crippen molar-refractivity contribution in [2.45, 2.75) is 19.0 Å². The summed E-state index contributed by atoms with van der Waals surface area (Å²) < 4.78 is 37.2. The minimum absolute atomic E-state index is 0.0747. The monoisotopic (exact) mass is 272 g/mol. The lowest BCUT2D eigenvalue weighted by atomic mass is 9.96. The lowest BCUT2D eigenvalue weighted by Gasteiger charge is -2.32. The topological polar surface area (TPSA) is 66.0 Å². The number of anilines is 1. The molecule has 0 bridgehead atoms. The number of amidine groups is 1. The quantitative estimate of drug-likeness (QED) is 0.641. The zero-order valence-electron chi connectivity index (χ0n) is 10.2. The molecule has 4 nitrogen and oxygen atoms in total.